The number of anilines is 1. The van der Waals surface area contributed by atoms with Crippen molar-refractivity contribution in [2.45, 2.75) is 6.04 Å². The molecule has 0 aliphatic carbocycles. The third-order valence-electron chi connectivity index (χ3n) is 3.30. The van der Waals surface area contributed by atoms with Crippen molar-refractivity contribution in [2.75, 3.05) is 26.1 Å². The fourth-order valence-corrected chi connectivity index (χ4v) is 2.11. The molecule has 0 saturated heterocycles. The van der Waals surface area contributed by atoms with E-state index >= 15 is 0 Å². The van der Waals surface area contributed by atoms with E-state index in [1.165, 1.54) is 12.1 Å². The smallest absolute Gasteiger partial charge is 0.124 e. The largest absolute Gasteiger partial charge is 0.496 e. The molecule has 0 spiro atoms. The molecule has 2 N–H and O–H groups in total. The number of halogens is 1. The number of nitrogens with two attached hydrogens (primary N) is 1. The van der Waals surface area contributed by atoms with Gasteiger partial charge in [0.05, 0.1) is 13.2 Å². The first kappa shape index (κ1) is 14.3. The maximum absolute atomic E-state index is 13.4. The van der Waals surface area contributed by atoms with E-state index in [4.69, 9.17) is 10.5 Å². The minimum absolute atomic E-state index is 0.318. The highest BCUT2D eigenvalue weighted by molar-refractivity contribution is 5.49. The second-order valence-electron chi connectivity index (χ2n) is 4.85. The van der Waals surface area contributed by atoms with Gasteiger partial charge in [0.15, 0.2) is 0 Å². The van der Waals surface area contributed by atoms with Crippen LogP contribution in [0, 0.1) is 5.82 Å². The molecule has 0 amide bonds. The average Bonchev–Trinajstić information content (AvgIpc) is 2.46. The number of ether oxygens (including phenoxy) is 1. The Bertz CT molecular complexity index is 582. The molecule has 2 aromatic rings. The van der Waals surface area contributed by atoms with Crippen LogP contribution in [0.4, 0.5) is 10.1 Å². The fraction of sp³-hybridized carbons (Fsp3) is 0.250. The van der Waals surface area contributed by atoms with Crippen molar-refractivity contribution in [2.24, 2.45) is 5.73 Å². The molecule has 0 fully saturated rings. The monoisotopic (exact) mass is 274 g/mol. The van der Waals surface area contributed by atoms with Crippen LogP contribution in [0.15, 0.2) is 42.5 Å². The van der Waals surface area contributed by atoms with Crippen molar-refractivity contribution >= 4 is 5.69 Å². The first-order valence-electron chi connectivity index (χ1n) is 6.39. The van der Waals surface area contributed by atoms with Gasteiger partial charge >= 0.3 is 0 Å². The predicted molar refractivity (Wildman–Crippen MR) is 79.8 cm³/mol. The summed E-state index contributed by atoms with van der Waals surface area (Å²) < 4.78 is 18.7. The molecule has 20 heavy (non-hydrogen) atoms. The van der Waals surface area contributed by atoms with Gasteiger partial charge in [0.25, 0.3) is 0 Å². The van der Waals surface area contributed by atoms with Crippen molar-refractivity contribution in [1.82, 2.24) is 0 Å². The summed E-state index contributed by atoms with van der Waals surface area (Å²) in [6.45, 7) is 0. The molecule has 0 saturated carbocycles. The lowest BCUT2D eigenvalue weighted by Gasteiger charge is -2.18. The first-order chi connectivity index (χ1) is 9.52. The van der Waals surface area contributed by atoms with E-state index in [9.17, 15) is 4.39 Å². The summed E-state index contributed by atoms with van der Waals surface area (Å²) >= 11 is 0. The van der Waals surface area contributed by atoms with Gasteiger partial charge in [-0.2, -0.15) is 0 Å². The number of hydrogen-bond acceptors (Lipinski definition) is 3. The number of rotatable bonds is 4. The van der Waals surface area contributed by atoms with Crippen LogP contribution in [-0.2, 0) is 0 Å². The van der Waals surface area contributed by atoms with Crippen LogP contribution < -0.4 is 15.4 Å². The normalized spacial score (nSPS) is 12.1. The summed E-state index contributed by atoms with van der Waals surface area (Å²) in [4.78, 5) is 2.01. The summed E-state index contributed by atoms with van der Waals surface area (Å²) in [5, 5.41) is 0. The lowest BCUT2D eigenvalue weighted by molar-refractivity contribution is 0.406. The van der Waals surface area contributed by atoms with Gasteiger partial charge in [-0.05, 0) is 35.9 Å². The van der Waals surface area contributed by atoms with Crippen molar-refractivity contribution in [1.29, 1.82) is 0 Å². The third-order valence-corrected chi connectivity index (χ3v) is 3.30. The van der Waals surface area contributed by atoms with E-state index < -0.39 is 6.04 Å². The van der Waals surface area contributed by atoms with Crippen molar-refractivity contribution in [3.63, 3.8) is 0 Å². The van der Waals surface area contributed by atoms with Gasteiger partial charge in [-0.3, -0.25) is 0 Å². The second kappa shape index (κ2) is 5.92. The fourth-order valence-electron chi connectivity index (χ4n) is 2.11. The lowest BCUT2D eigenvalue weighted by Crippen LogP contribution is -2.14. The summed E-state index contributed by atoms with van der Waals surface area (Å²) in [5.41, 5.74) is 8.88. The van der Waals surface area contributed by atoms with Crippen molar-refractivity contribution in [3.8, 4) is 5.75 Å². The van der Waals surface area contributed by atoms with Gasteiger partial charge in [-0.1, -0.05) is 12.1 Å². The molecule has 106 valence electrons. The highest BCUT2D eigenvalue weighted by Gasteiger charge is 2.15. The zero-order chi connectivity index (χ0) is 14.7. The van der Waals surface area contributed by atoms with Gasteiger partial charge in [0.1, 0.15) is 11.6 Å². The van der Waals surface area contributed by atoms with Crippen LogP contribution in [0.3, 0.4) is 0 Å². The minimum Gasteiger partial charge on any atom is -0.496 e. The van der Waals surface area contributed by atoms with Gasteiger partial charge in [0, 0.05) is 25.3 Å². The van der Waals surface area contributed by atoms with Gasteiger partial charge in [-0.25, -0.2) is 4.39 Å². The van der Waals surface area contributed by atoms with Gasteiger partial charge in [0.2, 0.25) is 0 Å². The topological polar surface area (TPSA) is 38.5 Å². The van der Waals surface area contributed by atoms with Crippen LogP contribution in [0.2, 0.25) is 0 Å². The summed E-state index contributed by atoms with van der Waals surface area (Å²) in [6.07, 6.45) is 0. The Balaban J connectivity index is 2.35. The van der Waals surface area contributed by atoms with E-state index in [1.807, 2.05) is 43.3 Å². The van der Waals surface area contributed by atoms with E-state index in [2.05, 4.69) is 0 Å². The highest BCUT2D eigenvalue weighted by atomic mass is 19.1. The average molecular weight is 274 g/mol. The van der Waals surface area contributed by atoms with Crippen LogP contribution in [0.5, 0.6) is 5.75 Å². The van der Waals surface area contributed by atoms with Crippen LogP contribution in [0.25, 0.3) is 0 Å². The van der Waals surface area contributed by atoms with Crippen molar-refractivity contribution < 1.29 is 9.13 Å². The molecular weight excluding hydrogens is 255 g/mol. The summed E-state index contributed by atoms with van der Waals surface area (Å²) in [7, 11) is 5.51. The van der Waals surface area contributed by atoms with Crippen LogP contribution in [0.1, 0.15) is 17.2 Å². The Morgan fingerprint density at radius 2 is 1.75 bits per heavy atom. The zero-order valence-corrected chi connectivity index (χ0v) is 11.9. The Morgan fingerprint density at radius 1 is 1.10 bits per heavy atom. The maximum Gasteiger partial charge on any atom is 0.124 e. The Morgan fingerprint density at radius 3 is 2.30 bits per heavy atom. The number of hydrogen-bond donors (Lipinski definition) is 1. The summed E-state index contributed by atoms with van der Waals surface area (Å²) in [5.74, 6) is 0.275. The first-order valence-corrected chi connectivity index (χ1v) is 6.39. The molecule has 1 atom stereocenters. The third kappa shape index (κ3) is 2.91. The van der Waals surface area contributed by atoms with Crippen LogP contribution in [-0.4, -0.2) is 21.2 Å². The molecule has 0 aliphatic rings. The molecular formula is C16H19FN2O. The SMILES string of the molecule is COc1ccc(F)cc1C(N)c1ccc(N(C)C)cc1. The molecule has 4 heteroatoms. The van der Waals surface area contributed by atoms with E-state index in [-0.39, 0.29) is 5.82 Å². The minimum atomic E-state index is -0.420. The molecule has 1 unspecified atom stereocenters. The molecule has 2 rings (SSSR count). The maximum atomic E-state index is 13.4. The van der Waals surface area contributed by atoms with Gasteiger partial charge in [-0.15, -0.1) is 0 Å². The Kier molecular flexibility index (Phi) is 4.25. The van der Waals surface area contributed by atoms with E-state index in [0.29, 0.717) is 11.3 Å². The molecule has 0 radical (unpaired) electrons. The highest BCUT2D eigenvalue weighted by Crippen LogP contribution is 2.29. The molecule has 0 aromatic heterocycles. The van der Waals surface area contributed by atoms with Crippen LogP contribution >= 0.6 is 0 Å². The van der Waals surface area contributed by atoms with E-state index in [1.54, 1.807) is 13.2 Å². The molecule has 0 bridgehead atoms. The molecule has 2 aromatic carbocycles. The molecule has 3 nitrogen and oxygen atoms in total. The lowest BCUT2D eigenvalue weighted by atomic mass is 9.98. The number of benzene rings is 2. The number of nitrogens with zero attached hydrogens (tertiary/aromatic N) is 1. The van der Waals surface area contributed by atoms with E-state index in [0.717, 1.165) is 11.3 Å². The zero-order valence-electron chi connectivity index (χ0n) is 11.9. The predicted octanol–water partition coefficient (Wildman–Crippen LogP) is 2.95. The number of methoxy groups -OCH3 is 1. The van der Waals surface area contributed by atoms with Crippen molar-refractivity contribution in [3.05, 3.63) is 59.4 Å². The summed E-state index contributed by atoms with van der Waals surface area (Å²) in [6, 6.07) is 11.8. The Hall–Kier alpha value is -2.07. The second-order valence-corrected chi connectivity index (χ2v) is 4.85. The Labute approximate surface area is 118 Å². The quantitative estimate of drug-likeness (QED) is 0.931. The molecule has 0 heterocycles. The van der Waals surface area contributed by atoms with Gasteiger partial charge < -0.3 is 15.4 Å². The standard InChI is InChI=1S/C16H19FN2O/c1-19(2)13-7-4-11(5-8-13)16(18)14-10-12(17)6-9-15(14)20-3/h4-10,16H,18H2,1-3H3. The molecule has 0 aliphatic heterocycles.